The van der Waals surface area contributed by atoms with Crippen LogP contribution in [0.15, 0.2) is 47.7 Å². The van der Waals surface area contributed by atoms with Gasteiger partial charge >= 0.3 is 5.97 Å². The van der Waals surface area contributed by atoms with E-state index in [1.54, 1.807) is 37.4 Å². The second kappa shape index (κ2) is 7.18. The first-order valence-corrected chi connectivity index (χ1v) is 7.88. The van der Waals surface area contributed by atoms with Crippen molar-refractivity contribution in [2.45, 2.75) is 19.1 Å². The first kappa shape index (κ1) is 17.3. The van der Waals surface area contributed by atoms with Gasteiger partial charge in [0.25, 0.3) is 11.5 Å². The molecule has 1 atom stereocenters. The van der Waals surface area contributed by atoms with E-state index in [1.165, 1.54) is 21.8 Å². The van der Waals surface area contributed by atoms with Crippen molar-refractivity contribution < 1.29 is 14.3 Å². The van der Waals surface area contributed by atoms with Crippen LogP contribution in [0.4, 0.5) is 0 Å². The fourth-order valence-corrected chi connectivity index (χ4v) is 2.55. The number of fused-ring (bicyclic) bond motifs is 1. The predicted molar refractivity (Wildman–Crippen MR) is 91.9 cm³/mol. The van der Waals surface area contributed by atoms with Crippen molar-refractivity contribution in [3.63, 3.8) is 0 Å². The third-order valence-electron chi connectivity index (χ3n) is 3.89. The SMILES string of the molecule is Cn1ncc2c(=O)n(CCC(=O)OC(C(N)=O)c3ccccc3)cnc21. The second-order valence-corrected chi connectivity index (χ2v) is 5.68. The number of nitrogens with two attached hydrogens (primary N) is 1. The van der Waals surface area contributed by atoms with E-state index in [4.69, 9.17) is 10.5 Å². The number of aromatic nitrogens is 4. The number of carbonyl (C=O) groups excluding carboxylic acids is 2. The topological polar surface area (TPSA) is 122 Å². The van der Waals surface area contributed by atoms with Gasteiger partial charge in [-0.3, -0.25) is 23.6 Å². The summed E-state index contributed by atoms with van der Waals surface area (Å²) in [5.74, 6) is -1.41. The minimum Gasteiger partial charge on any atom is -0.447 e. The number of nitrogens with zero attached hydrogens (tertiary/aromatic N) is 4. The van der Waals surface area contributed by atoms with Gasteiger partial charge in [-0.1, -0.05) is 30.3 Å². The standard InChI is InChI=1S/C17H17N5O4/c1-21-16-12(9-20-21)17(25)22(10-19-16)8-7-13(23)26-14(15(18)24)11-5-3-2-4-6-11/h2-6,9-10,14H,7-8H2,1H3,(H2,18,24). The molecule has 9 heteroatoms. The van der Waals surface area contributed by atoms with Crippen LogP contribution in [-0.4, -0.2) is 31.2 Å². The van der Waals surface area contributed by atoms with Crippen LogP contribution in [0.5, 0.6) is 0 Å². The van der Waals surface area contributed by atoms with Crippen molar-refractivity contribution >= 4 is 22.9 Å². The van der Waals surface area contributed by atoms with Crippen LogP contribution in [0.2, 0.25) is 0 Å². The molecule has 2 aromatic heterocycles. The van der Waals surface area contributed by atoms with Gasteiger partial charge in [0.2, 0.25) is 6.10 Å². The second-order valence-electron chi connectivity index (χ2n) is 5.68. The predicted octanol–water partition coefficient (Wildman–Crippen LogP) is 0.290. The molecule has 2 N–H and O–H groups in total. The van der Waals surface area contributed by atoms with Crippen molar-refractivity contribution in [2.24, 2.45) is 12.8 Å². The highest BCUT2D eigenvalue weighted by molar-refractivity contribution is 5.83. The number of primary amides is 1. The summed E-state index contributed by atoms with van der Waals surface area (Å²) in [5.41, 5.74) is 5.98. The van der Waals surface area contributed by atoms with Gasteiger partial charge in [-0.15, -0.1) is 0 Å². The monoisotopic (exact) mass is 355 g/mol. The number of esters is 1. The summed E-state index contributed by atoms with van der Waals surface area (Å²) in [5, 5.41) is 4.35. The smallest absolute Gasteiger partial charge is 0.308 e. The molecule has 26 heavy (non-hydrogen) atoms. The maximum atomic E-state index is 12.3. The normalized spacial score (nSPS) is 12.0. The fourth-order valence-electron chi connectivity index (χ4n) is 2.55. The van der Waals surface area contributed by atoms with Gasteiger partial charge in [-0.2, -0.15) is 5.10 Å². The lowest BCUT2D eigenvalue weighted by Gasteiger charge is -2.15. The molecule has 1 aromatic carbocycles. The Kier molecular flexibility index (Phi) is 4.78. The van der Waals surface area contributed by atoms with Crippen LogP contribution in [0.1, 0.15) is 18.1 Å². The zero-order valence-electron chi connectivity index (χ0n) is 14.0. The number of benzene rings is 1. The Hall–Kier alpha value is -3.49. The fraction of sp³-hybridized carbons (Fsp3) is 0.235. The summed E-state index contributed by atoms with van der Waals surface area (Å²) >= 11 is 0. The molecular weight excluding hydrogens is 338 g/mol. The molecule has 3 rings (SSSR count). The van der Waals surface area contributed by atoms with Crippen molar-refractivity contribution in [3.05, 3.63) is 58.8 Å². The first-order chi connectivity index (χ1) is 12.5. The third kappa shape index (κ3) is 3.46. The minimum absolute atomic E-state index is 0.0653. The number of hydrogen-bond donors (Lipinski definition) is 1. The zero-order valence-corrected chi connectivity index (χ0v) is 14.0. The molecule has 0 bridgehead atoms. The van der Waals surface area contributed by atoms with Crippen molar-refractivity contribution in [2.75, 3.05) is 0 Å². The molecule has 3 aromatic rings. The summed E-state index contributed by atoms with van der Waals surface area (Å²) < 4.78 is 7.98. The summed E-state index contributed by atoms with van der Waals surface area (Å²) in [6.07, 6.45) is 1.50. The lowest BCUT2D eigenvalue weighted by Crippen LogP contribution is -2.27. The summed E-state index contributed by atoms with van der Waals surface area (Å²) in [7, 11) is 1.68. The number of carbonyl (C=O) groups is 2. The van der Waals surface area contributed by atoms with Crippen molar-refractivity contribution in [3.8, 4) is 0 Å². The van der Waals surface area contributed by atoms with Crippen LogP contribution < -0.4 is 11.3 Å². The average Bonchev–Trinajstić information content (AvgIpc) is 3.01. The molecule has 2 heterocycles. The van der Waals surface area contributed by atoms with Gasteiger partial charge in [0, 0.05) is 19.2 Å². The Labute approximate surface area is 148 Å². The number of rotatable bonds is 6. The van der Waals surface area contributed by atoms with Crippen LogP contribution in [-0.2, 0) is 27.9 Å². The molecule has 0 saturated carbocycles. The van der Waals surface area contributed by atoms with E-state index in [9.17, 15) is 14.4 Å². The van der Waals surface area contributed by atoms with E-state index in [0.29, 0.717) is 16.6 Å². The Bertz CT molecular complexity index is 1010. The highest BCUT2D eigenvalue weighted by atomic mass is 16.5. The third-order valence-corrected chi connectivity index (χ3v) is 3.89. The maximum absolute atomic E-state index is 12.3. The molecule has 0 radical (unpaired) electrons. The lowest BCUT2D eigenvalue weighted by atomic mass is 10.1. The zero-order chi connectivity index (χ0) is 18.7. The minimum atomic E-state index is -1.17. The van der Waals surface area contributed by atoms with E-state index >= 15 is 0 Å². The molecule has 0 aliphatic heterocycles. The molecule has 0 aliphatic rings. The van der Waals surface area contributed by atoms with Gasteiger partial charge < -0.3 is 10.5 Å². The number of hydrogen-bond acceptors (Lipinski definition) is 6. The molecule has 134 valence electrons. The molecule has 9 nitrogen and oxygen atoms in total. The van der Waals surface area contributed by atoms with Gasteiger partial charge in [0.1, 0.15) is 5.39 Å². The average molecular weight is 355 g/mol. The van der Waals surface area contributed by atoms with Gasteiger partial charge in [0.05, 0.1) is 18.9 Å². The maximum Gasteiger partial charge on any atom is 0.308 e. The van der Waals surface area contributed by atoms with Crippen LogP contribution in [0, 0.1) is 0 Å². The molecule has 0 saturated heterocycles. The van der Waals surface area contributed by atoms with E-state index in [2.05, 4.69) is 10.1 Å². The summed E-state index contributed by atoms with van der Waals surface area (Å²) in [4.78, 5) is 40.2. The van der Waals surface area contributed by atoms with Gasteiger partial charge in [-0.25, -0.2) is 4.98 Å². The molecule has 0 aliphatic carbocycles. The van der Waals surface area contributed by atoms with Crippen LogP contribution in [0.3, 0.4) is 0 Å². The Morgan fingerprint density at radius 3 is 2.69 bits per heavy atom. The van der Waals surface area contributed by atoms with Crippen LogP contribution >= 0.6 is 0 Å². The van der Waals surface area contributed by atoms with Crippen molar-refractivity contribution in [1.29, 1.82) is 0 Å². The molecule has 1 amide bonds. The number of ether oxygens (including phenoxy) is 1. The first-order valence-electron chi connectivity index (χ1n) is 7.88. The quantitative estimate of drug-likeness (QED) is 0.634. The van der Waals surface area contributed by atoms with Crippen molar-refractivity contribution in [1.82, 2.24) is 19.3 Å². The Morgan fingerprint density at radius 2 is 2.00 bits per heavy atom. The largest absolute Gasteiger partial charge is 0.447 e. The summed E-state index contributed by atoms with van der Waals surface area (Å²) in [6, 6.07) is 8.50. The highest BCUT2D eigenvalue weighted by Gasteiger charge is 2.22. The van der Waals surface area contributed by atoms with E-state index in [0.717, 1.165) is 0 Å². The van der Waals surface area contributed by atoms with Crippen LogP contribution in [0.25, 0.3) is 11.0 Å². The molecule has 1 unspecified atom stereocenters. The molecule has 0 spiro atoms. The van der Waals surface area contributed by atoms with E-state index < -0.39 is 18.0 Å². The molecular formula is C17H17N5O4. The molecule has 0 fully saturated rings. The van der Waals surface area contributed by atoms with Gasteiger partial charge in [0.15, 0.2) is 5.65 Å². The Balaban J connectivity index is 1.70. The number of aryl methyl sites for hydroxylation is 2. The van der Waals surface area contributed by atoms with E-state index in [-0.39, 0.29) is 18.5 Å². The van der Waals surface area contributed by atoms with E-state index in [1.807, 2.05) is 0 Å². The van der Waals surface area contributed by atoms with Gasteiger partial charge in [-0.05, 0) is 0 Å². The highest BCUT2D eigenvalue weighted by Crippen LogP contribution is 2.17. The lowest BCUT2D eigenvalue weighted by molar-refractivity contribution is -0.155. The Morgan fingerprint density at radius 1 is 1.27 bits per heavy atom. The number of amides is 1. The summed E-state index contributed by atoms with van der Waals surface area (Å²) in [6.45, 7) is 0.0653.